The third-order valence-corrected chi connectivity index (χ3v) is 3.91. The second-order valence-electron chi connectivity index (χ2n) is 5.91. The third-order valence-electron chi connectivity index (χ3n) is 3.91. The van der Waals surface area contributed by atoms with Crippen molar-refractivity contribution in [2.24, 2.45) is 0 Å². The van der Waals surface area contributed by atoms with Crippen molar-refractivity contribution < 1.29 is 9.59 Å². The van der Waals surface area contributed by atoms with Crippen LogP contribution in [0, 0.1) is 0 Å². The van der Waals surface area contributed by atoms with E-state index >= 15 is 0 Å². The zero-order valence-corrected chi connectivity index (χ0v) is 14.0. The minimum atomic E-state index is -0.286. The molecule has 2 rings (SSSR count). The summed E-state index contributed by atoms with van der Waals surface area (Å²) < 4.78 is 0. The van der Waals surface area contributed by atoms with Crippen molar-refractivity contribution in [2.45, 2.75) is 19.8 Å². The molecule has 0 saturated carbocycles. The fourth-order valence-electron chi connectivity index (χ4n) is 2.50. The first-order chi connectivity index (χ1) is 11.1. The van der Waals surface area contributed by atoms with Crippen LogP contribution in [0.2, 0.25) is 0 Å². The summed E-state index contributed by atoms with van der Waals surface area (Å²) in [5.41, 5.74) is 1.88. The smallest absolute Gasteiger partial charge is 0.233 e. The average Bonchev–Trinajstić information content (AvgIpc) is 2.54. The van der Waals surface area contributed by atoms with Gasteiger partial charge in [0.15, 0.2) is 0 Å². The molecule has 1 saturated heterocycles. The van der Waals surface area contributed by atoms with E-state index in [1.807, 2.05) is 31.2 Å². The molecule has 23 heavy (non-hydrogen) atoms. The van der Waals surface area contributed by atoms with E-state index in [1.54, 1.807) is 0 Å². The fourth-order valence-corrected chi connectivity index (χ4v) is 2.50. The summed E-state index contributed by atoms with van der Waals surface area (Å²) in [6, 6.07) is 7.79. The number of amides is 2. The summed E-state index contributed by atoms with van der Waals surface area (Å²) in [7, 11) is 2.13. The largest absolute Gasteiger partial charge is 0.369 e. The number of nitrogens with one attached hydrogen (secondary N) is 2. The number of carbonyl (C=O) groups is 2. The zero-order chi connectivity index (χ0) is 16.7. The van der Waals surface area contributed by atoms with Crippen molar-refractivity contribution in [3.05, 3.63) is 24.3 Å². The molecular formula is C17H26N4O2. The molecule has 1 heterocycles. The number of rotatable bonds is 6. The van der Waals surface area contributed by atoms with Gasteiger partial charge in [-0.25, -0.2) is 0 Å². The van der Waals surface area contributed by atoms with Gasteiger partial charge in [0, 0.05) is 44.1 Å². The lowest BCUT2D eigenvalue weighted by Crippen LogP contribution is -2.44. The van der Waals surface area contributed by atoms with Crippen molar-refractivity contribution in [3.8, 4) is 0 Å². The van der Waals surface area contributed by atoms with E-state index in [0.29, 0.717) is 6.54 Å². The fraction of sp³-hybridized carbons (Fsp3) is 0.529. The van der Waals surface area contributed by atoms with Crippen LogP contribution in [0.4, 0.5) is 11.4 Å². The SMILES string of the molecule is CCCNC(=O)CC(=O)Nc1ccc(N2CCN(C)CC2)cc1. The number of anilines is 2. The summed E-state index contributed by atoms with van der Waals surface area (Å²) in [6.07, 6.45) is 0.724. The number of nitrogens with zero attached hydrogens (tertiary/aromatic N) is 2. The van der Waals surface area contributed by atoms with Gasteiger partial charge in [-0.15, -0.1) is 0 Å². The van der Waals surface area contributed by atoms with Crippen LogP contribution in [0.5, 0.6) is 0 Å². The Hall–Kier alpha value is -2.08. The molecule has 0 atom stereocenters. The highest BCUT2D eigenvalue weighted by atomic mass is 16.2. The van der Waals surface area contributed by atoms with Crippen LogP contribution < -0.4 is 15.5 Å². The molecule has 0 radical (unpaired) electrons. The summed E-state index contributed by atoms with van der Waals surface area (Å²) >= 11 is 0. The van der Waals surface area contributed by atoms with Crippen molar-refractivity contribution in [1.82, 2.24) is 10.2 Å². The molecule has 1 fully saturated rings. The molecule has 2 amide bonds. The van der Waals surface area contributed by atoms with Crippen LogP contribution in [0.3, 0.4) is 0 Å². The molecule has 0 spiro atoms. The monoisotopic (exact) mass is 318 g/mol. The minimum absolute atomic E-state index is 0.139. The molecule has 1 aliphatic heterocycles. The van der Waals surface area contributed by atoms with Gasteiger partial charge in [-0.2, -0.15) is 0 Å². The van der Waals surface area contributed by atoms with Crippen molar-refractivity contribution in [1.29, 1.82) is 0 Å². The highest BCUT2D eigenvalue weighted by molar-refractivity contribution is 6.03. The van der Waals surface area contributed by atoms with Crippen LogP contribution >= 0.6 is 0 Å². The summed E-state index contributed by atoms with van der Waals surface area (Å²) in [5, 5.41) is 5.45. The van der Waals surface area contributed by atoms with Crippen molar-refractivity contribution in [3.63, 3.8) is 0 Å². The number of hydrogen-bond donors (Lipinski definition) is 2. The molecule has 0 unspecified atom stereocenters. The van der Waals surface area contributed by atoms with Gasteiger partial charge in [0.25, 0.3) is 0 Å². The maximum absolute atomic E-state index is 11.8. The van der Waals surface area contributed by atoms with E-state index in [9.17, 15) is 9.59 Å². The van der Waals surface area contributed by atoms with Gasteiger partial charge in [-0.1, -0.05) is 6.92 Å². The number of benzene rings is 1. The van der Waals surface area contributed by atoms with Crippen LogP contribution in [-0.4, -0.2) is 56.5 Å². The Bertz CT molecular complexity index is 522. The lowest BCUT2D eigenvalue weighted by Gasteiger charge is -2.34. The van der Waals surface area contributed by atoms with Gasteiger partial charge < -0.3 is 20.4 Å². The van der Waals surface area contributed by atoms with Crippen molar-refractivity contribution >= 4 is 23.2 Å². The van der Waals surface area contributed by atoms with E-state index in [1.165, 1.54) is 0 Å². The molecular weight excluding hydrogens is 292 g/mol. The topological polar surface area (TPSA) is 64.7 Å². The van der Waals surface area contributed by atoms with E-state index in [4.69, 9.17) is 0 Å². The summed E-state index contributed by atoms with van der Waals surface area (Å²) in [6.45, 7) is 6.73. The summed E-state index contributed by atoms with van der Waals surface area (Å²) in [4.78, 5) is 28.0. The molecule has 1 aliphatic rings. The first kappa shape index (κ1) is 17.3. The predicted octanol–water partition coefficient (Wildman–Crippen LogP) is 1.29. The molecule has 0 bridgehead atoms. The molecule has 6 nitrogen and oxygen atoms in total. The first-order valence-electron chi connectivity index (χ1n) is 8.18. The van der Waals surface area contributed by atoms with Gasteiger partial charge in [0.05, 0.1) is 0 Å². The lowest BCUT2D eigenvalue weighted by atomic mass is 10.2. The standard InChI is InChI=1S/C17H26N4O2/c1-3-8-18-16(22)13-17(23)19-14-4-6-15(7-5-14)21-11-9-20(2)10-12-21/h4-7H,3,8-13H2,1-2H3,(H,18,22)(H,19,23). The Balaban J connectivity index is 1.82. The predicted molar refractivity (Wildman–Crippen MR) is 92.7 cm³/mol. The quantitative estimate of drug-likeness (QED) is 0.776. The molecule has 1 aromatic rings. The van der Waals surface area contributed by atoms with Crippen molar-refractivity contribution in [2.75, 3.05) is 50.0 Å². The summed E-state index contributed by atoms with van der Waals surface area (Å²) in [5.74, 6) is -0.524. The number of hydrogen-bond acceptors (Lipinski definition) is 4. The lowest BCUT2D eigenvalue weighted by molar-refractivity contribution is -0.126. The molecule has 0 aliphatic carbocycles. The second-order valence-corrected chi connectivity index (χ2v) is 5.91. The average molecular weight is 318 g/mol. The zero-order valence-electron chi connectivity index (χ0n) is 14.0. The molecule has 1 aromatic carbocycles. The van der Waals surface area contributed by atoms with Gasteiger partial charge in [-0.3, -0.25) is 9.59 Å². The number of likely N-dealkylation sites (N-methyl/N-ethyl adjacent to an activating group) is 1. The molecule has 2 N–H and O–H groups in total. The normalized spacial score (nSPS) is 15.3. The molecule has 6 heteroatoms. The van der Waals surface area contributed by atoms with Crippen LogP contribution in [0.1, 0.15) is 19.8 Å². The highest BCUT2D eigenvalue weighted by Crippen LogP contribution is 2.19. The molecule has 126 valence electrons. The maximum Gasteiger partial charge on any atom is 0.233 e. The third kappa shape index (κ3) is 5.56. The van der Waals surface area contributed by atoms with Crippen LogP contribution in [0.25, 0.3) is 0 Å². The Morgan fingerprint density at radius 1 is 1.04 bits per heavy atom. The highest BCUT2D eigenvalue weighted by Gasteiger charge is 2.14. The van der Waals surface area contributed by atoms with Gasteiger partial charge >= 0.3 is 0 Å². The Labute approximate surface area is 137 Å². The van der Waals surface area contributed by atoms with Gasteiger partial charge in [0.2, 0.25) is 11.8 Å². The molecule has 0 aromatic heterocycles. The van der Waals surface area contributed by atoms with E-state index in [2.05, 4.69) is 27.5 Å². The van der Waals surface area contributed by atoms with Gasteiger partial charge in [-0.05, 0) is 37.7 Å². The minimum Gasteiger partial charge on any atom is -0.369 e. The van der Waals surface area contributed by atoms with E-state index < -0.39 is 0 Å². The Morgan fingerprint density at radius 3 is 2.30 bits per heavy atom. The number of piperazine rings is 1. The van der Waals surface area contributed by atoms with E-state index in [0.717, 1.165) is 44.0 Å². The number of carbonyl (C=O) groups excluding carboxylic acids is 2. The maximum atomic E-state index is 11.8. The van der Waals surface area contributed by atoms with E-state index in [-0.39, 0.29) is 18.2 Å². The van der Waals surface area contributed by atoms with Crippen LogP contribution in [0.15, 0.2) is 24.3 Å². The van der Waals surface area contributed by atoms with Gasteiger partial charge in [0.1, 0.15) is 6.42 Å². The Kier molecular flexibility index (Phi) is 6.40. The van der Waals surface area contributed by atoms with Crippen LogP contribution in [-0.2, 0) is 9.59 Å². The Morgan fingerprint density at radius 2 is 1.70 bits per heavy atom. The first-order valence-corrected chi connectivity index (χ1v) is 8.18. The second kappa shape index (κ2) is 8.53.